The van der Waals surface area contributed by atoms with Crippen molar-refractivity contribution < 1.29 is 0 Å². The minimum atomic E-state index is 0.546. The van der Waals surface area contributed by atoms with Crippen LogP contribution in [0.2, 0.25) is 0 Å². The molecule has 23 heavy (non-hydrogen) atoms. The Hall–Kier alpha value is -1.86. The largest absolute Gasteiger partial charge is 0.144 e. The molecule has 3 aromatic rings. The molecule has 0 bridgehead atoms. The predicted molar refractivity (Wildman–Crippen MR) is 100 cm³/mol. The minimum Gasteiger partial charge on any atom is -0.144 e. The Bertz CT molecular complexity index is 785. The molecule has 0 saturated heterocycles. The maximum Gasteiger partial charge on any atom is 0.0342 e. The van der Waals surface area contributed by atoms with Gasteiger partial charge >= 0.3 is 0 Å². The molecule has 2 aromatic carbocycles. The first-order valence-electron chi connectivity index (χ1n) is 8.56. The molecule has 4 rings (SSSR count). The summed E-state index contributed by atoms with van der Waals surface area (Å²) >= 11 is 1.82. The molecule has 1 aromatic heterocycles. The monoisotopic (exact) mass is 318 g/mol. The highest BCUT2D eigenvalue weighted by molar-refractivity contribution is 7.13. The summed E-state index contributed by atoms with van der Waals surface area (Å²) in [7, 11) is 0. The molecule has 116 valence electrons. The van der Waals surface area contributed by atoms with Crippen molar-refractivity contribution in [3.63, 3.8) is 0 Å². The summed E-state index contributed by atoms with van der Waals surface area (Å²) in [6, 6.07) is 22.6. The molecule has 1 heterocycles. The highest BCUT2D eigenvalue weighted by atomic mass is 32.1. The standard InChI is InChI=1S/C22H22S/c1-2-16-13-17-7-3-4-10-20(17)21(14-16)18-8-5-9-19(15-18)22-11-6-12-23-22/h3-12,15-16,21H,2,13-14H2,1H3/t16-,21+/m0/s1. The van der Waals surface area contributed by atoms with E-state index in [9.17, 15) is 0 Å². The van der Waals surface area contributed by atoms with Crippen molar-refractivity contribution in [3.8, 4) is 10.4 Å². The fourth-order valence-electron chi connectivity index (χ4n) is 3.89. The molecule has 0 saturated carbocycles. The molecular formula is C22H22S. The quantitative estimate of drug-likeness (QED) is 0.515. The lowest BCUT2D eigenvalue weighted by Crippen LogP contribution is -2.19. The minimum absolute atomic E-state index is 0.546. The summed E-state index contributed by atoms with van der Waals surface area (Å²) in [5.74, 6) is 1.35. The number of rotatable bonds is 3. The lowest BCUT2D eigenvalue weighted by Gasteiger charge is -2.31. The van der Waals surface area contributed by atoms with Gasteiger partial charge in [0, 0.05) is 10.8 Å². The molecule has 0 amide bonds. The van der Waals surface area contributed by atoms with Crippen LogP contribution in [0.25, 0.3) is 10.4 Å². The molecule has 1 aliphatic carbocycles. The Morgan fingerprint density at radius 1 is 1.00 bits per heavy atom. The molecule has 0 nitrogen and oxygen atoms in total. The van der Waals surface area contributed by atoms with Crippen LogP contribution in [0.5, 0.6) is 0 Å². The SMILES string of the molecule is CC[C@H]1Cc2ccccc2[C@@H](c2cccc(-c3cccs3)c2)C1. The summed E-state index contributed by atoms with van der Waals surface area (Å²) in [6.07, 6.45) is 3.80. The molecule has 0 radical (unpaired) electrons. The van der Waals surface area contributed by atoms with E-state index in [0.717, 1.165) is 5.92 Å². The first-order valence-corrected chi connectivity index (χ1v) is 9.44. The number of hydrogen-bond donors (Lipinski definition) is 0. The summed E-state index contributed by atoms with van der Waals surface area (Å²) in [5, 5.41) is 2.16. The Labute approximate surface area is 142 Å². The van der Waals surface area contributed by atoms with Crippen LogP contribution in [0.3, 0.4) is 0 Å². The number of hydrogen-bond acceptors (Lipinski definition) is 1. The molecular weight excluding hydrogens is 296 g/mol. The van der Waals surface area contributed by atoms with Gasteiger partial charge in [0.05, 0.1) is 0 Å². The molecule has 1 heteroatoms. The van der Waals surface area contributed by atoms with Gasteiger partial charge < -0.3 is 0 Å². The smallest absolute Gasteiger partial charge is 0.0342 e. The summed E-state index contributed by atoms with van der Waals surface area (Å²) in [6.45, 7) is 2.33. The zero-order chi connectivity index (χ0) is 15.6. The fraction of sp³-hybridized carbons (Fsp3) is 0.273. The van der Waals surface area contributed by atoms with Crippen molar-refractivity contribution >= 4 is 11.3 Å². The third-order valence-corrected chi connectivity index (χ3v) is 6.10. The van der Waals surface area contributed by atoms with E-state index in [1.54, 1.807) is 11.1 Å². The van der Waals surface area contributed by atoms with Crippen LogP contribution in [0.4, 0.5) is 0 Å². The summed E-state index contributed by atoms with van der Waals surface area (Å²) in [4.78, 5) is 1.36. The zero-order valence-corrected chi connectivity index (χ0v) is 14.4. The molecule has 0 fully saturated rings. The van der Waals surface area contributed by atoms with E-state index in [0.29, 0.717) is 5.92 Å². The van der Waals surface area contributed by atoms with Crippen molar-refractivity contribution in [3.05, 3.63) is 82.7 Å². The van der Waals surface area contributed by atoms with Gasteiger partial charge in [0.2, 0.25) is 0 Å². The third kappa shape index (κ3) is 2.86. The van der Waals surface area contributed by atoms with Gasteiger partial charge in [0.15, 0.2) is 0 Å². The Kier molecular flexibility index (Phi) is 4.05. The van der Waals surface area contributed by atoms with E-state index in [2.05, 4.69) is 73.0 Å². The second-order valence-corrected chi connectivity index (χ2v) is 7.52. The highest BCUT2D eigenvalue weighted by Crippen LogP contribution is 2.41. The molecule has 0 N–H and O–H groups in total. The highest BCUT2D eigenvalue weighted by Gasteiger charge is 2.27. The number of fused-ring (bicyclic) bond motifs is 1. The lowest BCUT2D eigenvalue weighted by molar-refractivity contribution is 0.416. The van der Waals surface area contributed by atoms with Gasteiger partial charge in [-0.1, -0.05) is 61.9 Å². The van der Waals surface area contributed by atoms with Gasteiger partial charge in [-0.05, 0) is 58.5 Å². The van der Waals surface area contributed by atoms with E-state index < -0.39 is 0 Å². The van der Waals surface area contributed by atoms with Crippen LogP contribution in [0.1, 0.15) is 42.4 Å². The Balaban J connectivity index is 1.76. The molecule has 0 unspecified atom stereocenters. The predicted octanol–water partition coefficient (Wildman–Crippen LogP) is 6.52. The fourth-order valence-corrected chi connectivity index (χ4v) is 4.62. The first kappa shape index (κ1) is 14.7. The first-order chi connectivity index (χ1) is 11.3. The molecule has 0 aliphatic heterocycles. The topological polar surface area (TPSA) is 0 Å². The van der Waals surface area contributed by atoms with Crippen molar-refractivity contribution in [2.24, 2.45) is 5.92 Å². The average Bonchev–Trinajstić information content (AvgIpc) is 3.15. The van der Waals surface area contributed by atoms with E-state index >= 15 is 0 Å². The van der Waals surface area contributed by atoms with E-state index in [1.807, 2.05) is 11.3 Å². The normalized spacial score (nSPS) is 20.2. The number of benzene rings is 2. The van der Waals surface area contributed by atoms with Gasteiger partial charge in [-0.25, -0.2) is 0 Å². The van der Waals surface area contributed by atoms with E-state index in [-0.39, 0.29) is 0 Å². The second-order valence-electron chi connectivity index (χ2n) is 6.57. The van der Waals surface area contributed by atoms with Crippen LogP contribution in [-0.4, -0.2) is 0 Å². The third-order valence-electron chi connectivity index (χ3n) is 5.18. The summed E-state index contributed by atoms with van der Waals surface area (Å²) < 4.78 is 0. The van der Waals surface area contributed by atoms with E-state index in [4.69, 9.17) is 0 Å². The zero-order valence-electron chi connectivity index (χ0n) is 13.5. The van der Waals surface area contributed by atoms with Gasteiger partial charge in [-0.15, -0.1) is 11.3 Å². The van der Waals surface area contributed by atoms with Crippen molar-refractivity contribution in [2.75, 3.05) is 0 Å². The second kappa shape index (κ2) is 6.33. The van der Waals surface area contributed by atoms with Crippen molar-refractivity contribution in [1.82, 2.24) is 0 Å². The molecule has 2 atom stereocenters. The number of thiophene rings is 1. The Morgan fingerprint density at radius 2 is 1.91 bits per heavy atom. The van der Waals surface area contributed by atoms with Gasteiger partial charge in [-0.2, -0.15) is 0 Å². The molecule has 1 aliphatic rings. The maximum absolute atomic E-state index is 2.41. The average molecular weight is 318 g/mol. The van der Waals surface area contributed by atoms with Crippen LogP contribution in [-0.2, 0) is 6.42 Å². The van der Waals surface area contributed by atoms with Gasteiger partial charge in [-0.3, -0.25) is 0 Å². The van der Waals surface area contributed by atoms with Crippen LogP contribution >= 0.6 is 11.3 Å². The molecule has 0 spiro atoms. The lowest BCUT2D eigenvalue weighted by atomic mass is 9.73. The Morgan fingerprint density at radius 3 is 2.74 bits per heavy atom. The van der Waals surface area contributed by atoms with Crippen molar-refractivity contribution in [2.45, 2.75) is 32.1 Å². The van der Waals surface area contributed by atoms with Crippen LogP contribution in [0, 0.1) is 5.92 Å². The van der Waals surface area contributed by atoms with Gasteiger partial charge in [0.25, 0.3) is 0 Å². The van der Waals surface area contributed by atoms with Crippen LogP contribution in [0.15, 0.2) is 66.0 Å². The maximum atomic E-state index is 2.41. The van der Waals surface area contributed by atoms with Crippen LogP contribution < -0.4 is 0 Å². The van der Waals surface area contributed by atoms with Gasteiger partial charge in [0.1, 0.15) is 0 Å². The van der Waals surface area contributed by atoms with Crippen molar-refractivity contribution in [1.29, 1.82) is 0 Å². The van der Waals surface area contributed by atoms with E-state index in [1.165, 1.54) is 35.3 Å². The summed E-state index contributed by atoms with van der Waals surface area (Å²) in [5.41, 5.74) is 5.92.